The van der Waals surface area contributed by atoms with Gasteiger partial charge in [0.1, 0.15) is 24.9 Å². The lowest BCUT2D eigenvalue weighted by atomic mass is 10.1. The summed E-state index contributed by atoms with van der Waals surface area (Å²) < 4.78 is 11.5. The number of likely N-dealkylation sites (tertiary alicyclic amines) is 1. The van der Waals surface area contributed by atoms with Crippen molar-refractivity contribution >= 4 is 44.9 Å². The number of fused-ring (bicyclic) bond motifs is 2. The number of methoxy groups -OCH3 is 1. The fourth-order valence-electron chi connectivity index (χ4n) is 4.47. The Morgan fingerprint density at radius 2 is 2.00 bits per heavy atom. The molecular weight excluding hydrogens is 454 g/mol. The third-order valence-electron chi connectivity index (χ3n) is 6.19. The second-order valence-electron chi connectivity index (χ2n) is 8.56. The topological polar surface area (TPSA) is 95.5 Å². The first kappa shape index (κ1) is 22.7. The third kappa shape index (κ3) is 4.75. The van der Waals surface area contributed by atoms with Gasteiger partial charge in [0, 0.05) is 29.6 Å². The van der Waals surface area contributed by atoms with Crippen LogP contribution in [-0.4, -0.2) is 64.4 Å². The highest BCUT2D eigenvalue weighted by molar-refractivity contribution is 6.36. The van der Waals surface area contributed by atoms with Crippen molar-refractivity contribution in [2.45, 2.75) is 25.4 Å². The standard InChI is InChI=1S/C25H28ClN5O3/c1-33-22-10-18-21(11-23(22)34-14-16(32)13-31-8-3-2-4-9-31)28-15-29-25(18)30-20-7-5-6-17-19(26)12-27-24(17)20/h5-7,10-12,15-16,27,32H,2-4,8-9,13-14H2,1H3,(H,28,29,30). The second-order valence-corrected chi connectivity index (χ2v) is 8.97. The van der Waals surface area contributed by atoms with Gasteiger partial charge in [-0.1, -0.05) is 30.2 Å². The maximum Gasteiger partial charge on any atom is 0.163 e. The number of halogens is 1. The fourth-order valence-corrected chi connectivity index (χ4v) is 4.68. The molecule has 5 rings (SSSR count). The predicted octanol–water partition coefficient (Wildman–Crippen LogP) is 4.74. The van der Waals surface area contributed by atoms with Crippen LogP contribution < -0.4 is 14.8 Å². The van der Waals surface area contributed by atoms with Gasteiger partial charge in [0.05, 0.1) is 28.9 Å². The number of nitrogens with one attached hydrogen (secondary N) is 2. The summed E-state index contributed by atoms with van der Waals surface area (Å²) in [5, 5.41) is 16.3. The summed E-state index contributed by atoms with van der Waals surface area (Å²) in [4.78, 5) is 14.4. The zero-order valence-corrected chi connectivity index (χ0v) is 19.8. The molecule has 1 aliphatic rings. The molecule has 1 aliphatic heterocycles. The predicted molar refractivity (Wildman–Crippen MR) is 134 cm³/mol. The molecule has 3 heterocycles. The van der Waals surface area contributed by atoms with Gasteiger partial charge in [-0.3, -0.25) is 0 Å². The van der Waals surface area contributed by atoms with Crippen LogP contribution in [0.5, 0.6) is 11.5 Å². The molecule has 178 valence electrons. The van der Waals surface area contributed by atoms with Gasteiger partial charge in [0.15, 0.2) is 11.5 Å². The van der Waals surface area contributed by atoms with Crippen molar-refractivity contribution in [1.82, 2.24) is 19.9 Å². The molecule has 0 saturated carbocycles. The number of hydrogen-bond donors (Lipinski definition) is 3. The number of piperidine rings is 1. The zero-order valence-electron chi connectivity index (χ0n) is 19.1. The summed E-state index contributed by atoms with van der Waals surface area (Å²) >= 11 is 6.27. The van der Waals surface area contributed by atoms with Crippen LogP contribution in [0.1, 0.15) is 19.3 Å². The number of ether oxygens (including phenoxy) is 2. The Labute approximate surface area is 202 Å². The van der Waals surface area contributed by atoms with Crippen LogP contribution in [0.25, 0.3) is 21.8 Å². The van der Waals surface area contributed by atoms with E-state index < -0.39 is 6.10 Å². The van der Waals surface area contributed by atoms with Crippen LogP contribution >= 0.6 is 11.6 Å². The number of aromatic amines is 1. The minimum absolute atomic E-state index is 0.185. The molecule has 34 heavy (non-hydrogen) atoms. The summed E-state index contributed by atoms with van der Waals surface area (Å²) in [7, 11) is 1.59. The average Bonchev–Trinajstić information content (AvgIpc) is 3.24. The van der Waals surface area contributed by atoms with Gasteiger partial charge in [0.2, 0.25) is 0 Å². The molecular formula is C25H28ClN5O3. The first-order valence-electron chi connectivity index (χ1n) is 11.5. The van der Waals surface area contributed by atoms with E-state index in [0.717, 1.165) is 35.1 Å². The molecule has 0 spiro atoms. The van der Waals surface area contributed by atoms with Gasteiger partial charge in [-0.05, 0) is 38.1 Å². The molecule has 1 fully saturated rings. The van der Waals surface area contributed by atoms with E-state index in [0.29, 0.717) is 34.4 Å². The zero-order chi connectivity index (χ0) is 23.5. The number of aromatic nitrogens is 3. The average molecular weight is 482 g/mol. The van der Waals surface area contributed by atoms with Crippen LogP contribution in [0.15, 0.2) is 42.9 Å². The summed E-state index contributed by atoms with van der Waals surface area (Å²) in [6.07, 6.45) is 6.34. The Hall–Kier alpha value is -3.07. The van der Waals surface area contributed by atoms with Crippen molar-refractivity contribution in [2.24, 2.45) is 0 Å². The van der Waals surface area contributed by atoms with Crippen LogP contribution in [0.2, 0.25) is 5.02 Å². The lowest BCUT2D eigenvalue weighted by Gasteiger charge is -2.28. The molecule has 0 radical (unpaired) electrons. The number of β-amino-alcohol motifs (C(OH)–C–C–N with tert-alkyl or cyclic N) is 1. The third-order valence-corrected chi connectivity index (χ3v) is 6.50. The van der Waals surface area contributed by atoms with E-state index in [-0.39, 0.29) is 6.61 Å². The number of nitrogens with zero attached hydrogens (tertiary/aromatic N) is 3. The molecule has 1 atom stereocenters. The highest BCUT2D eigenvalue weighted by Crippen LogP contribution is 2.36. The van der Waals surface area contributed by atoms with Crippen molar-refractivity contribution < 1.29 is 14.6 Å². The monoisotopic (exact) mass is 481 g/mol. The number of anilines is 2. The van der Waals surface area contributed by atoms with E-state index in [1.54, 1.807) is 13.3 Å². The number of benzene rings is 2. The number of aliphatic hydroxyl groups is 1. The van der Waals surface area contributed by atoms with Crippen molar-refractivity contribution in [2.75, 3.05) is 38.7 Å². The summed E-state index contributed by atoms with van der Waals surface area (Å²) in [5.74, 6) is 1.73. The summed E-state index contributed by atoms with van der Waals surface area (Å²) in [6, 6.07) is 9.54. The second kappa shape index (κ2) is 10.0. The number of hydrogen-bond acceptors (Lipinski definition) is 7. The molecule has 3 N–H and O–H groups in total. The van der Waals surface area contributed by atoms with E-state index in [4.69, 9.17) is 21.1 Å². The van der Waals surface area contributed by atoms with Gasteiger partial charge in [-0.25, -0.2) is 9.97 Å². The van der Waals surface area contributed by atoms with Crippen LogP contribution in [0.3, 0.4) is 0 Å². The van der Waals surface area contributed by atoms with E-state index in [9.17, 15) is 5.11 Å². The Morgan fingerprint density at radius 3 is 2.82 bits per heavy atom. The van der Waals surface area contributed by atoms with Crippen LogP contribution in [0.4, 0.5) is 11.5 Å². The summed E-state index contributed by atoms with van der Waals surface area (Å²) in [5.41, 5.74) is 2.45. The normalized spacial score (nSPS) is 15.5. The Bertz CT molecular complexity index is 1290. The maximum absolute atomic E-state index is 10.5. The van der Waals surface area contributed by atoms with Gasteiger partial charge >= 0.3 is 0 Å². The van der Waals surface area contributed by atoms with E-state index in [1.165, 1.54) is 25.6 Å². The molecule has 4 aromatic rings. The largest absolute Gasteiger partial charge is 0.493 e. The molecule has 2 aromatic heterocycles. The number of H-pyrrole nitrogens is 1. The molecule has 0 amide bonds. The number of rotatable bonds is 8. The van der Waals surface area contributed by atoms with Gasteiger partial charge in [0.25, 0.3) is 0 Å². The molecule has 1 unspecified atom stereocenters. The van der Waals surface area contributed by atoms with E-state index >= 15 is 0 Å². The smallest absolute Gasteiger partial charge is 0.163 e. The van der Waals surface area contributed by atoms with E-state index in [1.807, 2.05) is 30.3 Å². The van der Waals surface area contributed by atoms with Crippen LogP contribution in [0, 0.1) is 0 Å². The lowest BCUT2D eigenvalue weighted by molar-refractivity contribution is 0.0609. The van der Waals surface area contributed by atoms with Gasteiger partial charge in [-0.15, -0.1) is 0 Å². The van der Waals surface area contributed by atoms with Crippen molar-refractivity contribution in [1.29, 1.82) is 0 Å². The first-order valence-corrected chi connectivity index (χ1v) is 11.9. The minimum Gasteiger partial charge on any atom is -0.493 e. The molecule has 8 nitrogen and oxygen atoms in total. The quantitative estimate of drug-likeness (QED) is 0.334. The Balaban J connectivity index is 1.37. The highest BCUT2D eigenvalue weighted by atomic mass is 35.5. The Morgan fingerprint density at radius 1 is 1.15 bits per heavy atom. The highest BCUT2D eigenvalue weighted by Gasteiger charge is 2.17. The van der Waals surface area contributed by atoms with Crippen molar-refractivity contribution in [3.8, 4) is 11.5 Å². The van der Waals surface area contributed by atoms with Gasteiger partial charge < -0.3 is 29.8 Å². The SMILES string of the molecule is COc1cc2c(Nc3cccc4c(Cl)c[nH]c34)ncnc2cc1OCC(O)CN1CCCCC1. The minimum atomic E-state index is -0.575. The van der Waals surface area contributed by atoms with Crippen molar-refractivity contribution in [3.63, 3.8) is 0 Å². The lowest BCUT2D eigenvalue weighted by Crippen LogP contribution is -2.38. The first-order chi connectivity index (χ1) is 16.6. The number of aliphatic hydroxyl groups excluding tert-OH is 1. The molecule has 2 aromatic carbocycles. The Kier molecular flexibility index (Phi) is 6.71. The number of para-hydroxylation sites is 1. The molecule has 0 bridgehead atoms. The maximum atomic E-state index is 10.5. The van der Waals surface area contributed by atoms with Gasteiger partial charge in [-0.2, -0.15) is 0 Å². The van der Waals surface area contributed by atoms with Crippen molar-refractivity contribution in [3.05, 3.63) is 47.9 Å². The van der Waals surface area contributed by atoms with E-state index in [2.05, 4.69) is 25.2 Å². The molecule has 1 saturated heterocycles. The molecule has 0 aliphatic carbocycles. The summed E-state index contributed by atoms with van der Waals surface area (Å²) in [6.45, 7) is 2.86. The fraction of sp³-hybridized carbons (Fsp3) is 0.360. The molecule has 9 heteroatoms. The van der Waals surface area contributed by atoms with Crippen LogP contribution in [-0.2, 0) is 0 Å².